The Morgan fingerprint density at radius 2 is 1.89 bits per heavy atom. The quantitative estimate of drug-likeness (QED) is 0.583. The van der Waals surface area contributed by atoms with Crippen LogP contribution in [-0.4, -0.2) is 30.4 Å². The van der Waals surface area contributed by atoms with Gasteiger partial charge in [-0.1, -0.05) is 25.1 Å². The topological polar surface area (TPSA) is 88.3 Å². The van der Waals surface area contributed by atoms with Crippen LogP contribution in [0.2, 0.25) is 0 Å². The largest absolute Gasteiger partial charge is 0.497 e. The second-order valence-corrected chi connectivity index (χ2v) is 6.24. The van der Waals surface area contributed by atoms with E-state index in [1.807, 2.05) is 50.2 Å². The molecule has 7 nitrogen and oxygen atoms in total. The smallest absolute Gasteiger partial charge is 0.323 e. The predicted octanol–water partition coefficient (Wildman–Crippen LogP) is 4.61. The monoisotopic (exact) mass is 380 g/mol. The number of carbonyl (C=O) groups excluding carboxylic acids is 1. The first-order valence-corrected chi connectivity index (χ1v) is 9.00. The van der Waals surface area contributed by atoms with E-state index in [2.05, 4.69) is 20.8 Å². The van der Waals surface area contributed by atoms with E-state index in [-0.39, 0.29) is 6.03 Å². The van der Waals surface area contributed by atoms with Crippen LogP contribution in [0.5, 0.6) is 11.5 Å². The number of methoxy groups -OCH3 is 2. The number of anilines is 2. The number of nitrogens with one attached hydrogen (secondary N) is 3. The van der Waals surface area contributed by atoms with Gasteiger partial charge in [-0.3, -0.25) is 5.10 Å². The van der Waals surface area contributed by atoms with Gasteiger partial charge in [-0.05, 0) is 37.1 Å². The molecule has 2 amide bonds. The summed E-state index contributed by atoms with van der Waals surface area (Å²) in [6.45, 7) is 3.94. The lowest BCUT2D eigenvalue weighted by Gasteiger charge is -2.13. The molecule has 3 N–H and O–H groups in total. The second kappa shape index (κ2) is 8.47. The second-order valence-electron chi connectivity index (χ2n) is 6.24. The molecule has 2 aromatic carbocycles. The Morgan fingerprint density at radius 1 is 1.11 bits per heavy atom. The first kappa shape index (κ1) is 19.3. The number of rotatable bonds is 6. The zero-order valence-electron chi connectivity index (χ0n) is 16.4. The van der Waals surface area contributed by atoms with Gasteiger partial charge in [0, 0.05) is 17.3 Å². The number of benzene rings is 2. The predicted molar refractivity (Wildman–Crippen MR) is 110 cm³/mol. The van der Waals surface area contributed by atoms with Gasteiger partial charge in [0.25, 0.3) is 0 Å². The SMILES string of the molecule is CCc1[nH]nc(-c2ccc(OC)cc2OC)c1NC(=O)Nc1ccccc1C. The van der Waals surface area contributed by atoms with Crippen LogP contribution in [-0.2, 0) is 6.42 Å². The maximum absolute atomic E-state index is 12.6. The molecule has 0 bridgehead atoms. The summed E-state index contributed by atoms with van der Waals surface area (Å²) in [6, 6.07) is 12.7. The maximum Gasteiger partial charge on any atom is 0.323 e. The first-order chi connectivity index (χ1) is 13.6. The number of H-pyrrole nitrogens is 1. The number of amides is 2. The average molecular weight is 380 g/mol. The standard InChI is InChI=1S/C21H24N4O3/c1-5-16-20(23-21(26)22-17-9-7-6-8-13(17)2)19(25-24-16)15-11-10-14(27-3)12-18(15)28-4/h6-12H,5H2,1-4H3,(H,24,25)(H2,22,23,26). The van der Waals surface area contributed by atoms with Crippen LogP contribution in [0, 0.1) is 6.92 Å². The molecule has 1 heterocycles. The molecule has 1 aromatic heterocycles. The Hall–Kier alpha value is -3.48. The van der Waals surface area contributed by atoms with Crippen LogP contribution in [0.3, 0.4) is 0 Å². The summed E-state index contributed by atoms with van der Waals surface area (Å²) >= 11 is 0. The number of para-hydroxylation sites is 1. The van der Waals surface area contributed by atoms with E-state index in [1.165, 1.54) is 0 Å². The summed E-state index contributed by atoms with van der Waals surface area (Å²) in [5, 5.41) is 13.2. The molecule has 0 aliphatic carbocycles. The normalized spacial score (nSPS) is 10.4. The highest BCUT2D eigenvalue weighted by Crippen LogP contribution is 2.37. The fourth-order valence-corrected chi connectivity index (χ4v) is 2.94. The Balaban J connectivity index is 1.93. The van der Waals surface area contributed by atoms with Crippen LogP contribution in [0.15, 0.2) is 42.5 Å². The summed E-state index contributed by atoms with van der Waals surface area (Å²) in [4.78, 5) is 12.6. The van der Waals surface area contributed by atoms with Crippen molar-refractivity contribution in [2.45, 2.75) is 20.3 Å². The van der Waals surface area contributed by atoms with Gasteiger partial charge >= 0.3 is 6.03 Å². The van der Waals surface area contributed by atoms with Gasteiger partial charge in [0.1, 0.15) is 17.2 Å². The van der Waals surface area contributed by atoms with Crippen molar-refractivity contribution in [3.63, 3.8) is 0 Å². The van der Waals surface area contributed by atoms with Crippen LogP contribution >= 0.6 is 0 Å². The molecule has 0 atom stereocenters. The van der Waals surface area contributed by atoms with E-state index in [4.69, 9.17) is 9.47 Å². The molecule has 7 heteroatoms. The van der Waals surface area contributed by atoms with Gasteiger partial charge in [-0.15, -0.1) is 0 Å². The van der Waals surface area contributed by atoms with Crippen molar-refractivity contribution in [1.82, 2.24) is 10.2 Å². The van der Waals surface area contributed by atoms with E-state index in [9.17, 15) is 4.79 Å². The molecule has 146 valence electrons. The minimum atomic E-state index is -0.334. The molecule has 0 spiro atoms. The number of ether oxygens (including phenoxy) is 2. The van der Waals surface area contributed by atoms with Gasteiger partial charge in [-0.2, -0.15) is 5.10 Å². The zero-order chi connectivity index (χ0) is 20.1. The molecule has 0 aliphatic heterocycles. The molecule has 3 aromatic rings. The Bertz CT molecular complexity index is 982. The molecule has 0 fully saturated rings. The highest BCUT2D eigenvalue weighted by molar-refractivity contribution is 6.03. The van der Waals surface area contributed by atoms with Crippen LogP contribution in [0.25, 0.3) is 11.3 Å². The van der Waals surface area contributed by atoms with Crippen molar-refractivity contribution in [2.75, 3.05) is 24.9 Å². The lowest BCUT2D eigenvalue weighted by atomic mass is 10.1. The summed E-state index contributed by atoms with van der Waals surface area (Å²) in [5.41, 5.74) is 4.55. The minimum absolute atomic E-state index is 0.334. The van der Waals surface area contributed by atoms with Crippen LogP contribution in [0.1, 0.15) is 18.2 Å². The van der Waals surface area contributed by atoms with Gasteiger partial charge in [0.05, 0.1) is 25.6 Å². The van der Waals surface area contributed by atoms with Gasteiger partial charge in [0.2, 0.25) is 0 Å². The number of aromatic amines is 1. The fourth-order valence-electron chi connectivity index (χ4n) is 2.94. The highest BCUT2D eigenvalue weighted by atomic mass is 16.5. The average Bonchev–Trinajstić information content (AvgIpc) is 3.11. The first-order valence-electron chi connectivity index (χ1n) is 9.00. The van der Waals surface area contributed by atoms with Gasteiger partial charge < -0.3 is 20.1 Å². The number of aryl methyl sites for hydroxylation is 2. The van der Waals surface area contributed by atoms with Crippen LogP contribution < -0.4 is 20.1 Å². The van der Waals surface area contributed by atoms with E-state index in [0.717, 1.165) is 22.5 Å². The highest BCUT2D eigenvalue weighted by Gasteiger charge is 2.20. The summed E-state index contributed by atoms with van der Waals surface area (Å²) in [7, 11) is 3.19. The molecule has 0 aliphatic rings. The third-order valence-corrected chi connectivity index (χ3v) is 4.49. The van der Waals surface area contributed by atoms with Crippen molar-refractivity contribution < 1.29 is 14.3 Å². The number of hydrogen-bond donors (Lipinski definition) is 3. The van der Waals surface area contributed by atoms with E-state index < -0.39 is 0 Å². The molecule has 0 unspecified atom stereocenters. The number of nitrogens with zero attached hydrogens (tertiary/aromatic N) is 1. The molecule has 0 saturated heterocycles. The fraction of sp³-hybridized carbons (Fsp3) is 0.238. The number of carbonyl (C=O) groups is 1. The third kappa shape index (κ3) is 3.93. The number of hydrogen-bond acceptors (Lipinski definition) is 4. The van der Waals surface area contributed by atoms with E-state index in [1.54, 1.807) is 20.3 Å². The van der Waals surface area contributed by atoms with Crippen LogP contribution in [0.4, 0.5) is 16.2 Å². The van der Waals surface area contributed by atoms with E-state index >= 15 is 0 Å². The zero-order valence-corrected chi connectivity index (χ0v) is 16.4. The Kier molecular flexibility index (Phi) is 5.84. The lowest BCUT2D eigenvalue weighted by molar-refractivity contribution is 0.262. The van der Waals surface area contributed by atoms with E-state index in [0.29, 0.717) is 29.3 Å². The van der Waals surface area contributed by atoms with Gasteiger partial charge in [-0.25, -0.2) is 4.79 Å². The third-order valence-electron chi connectivity index (χ3n) is 4.49. The van der Waals surface area contributed by atoms with Crippen molar-refractivity contribution in [1.29, 1.82) is 0 Å². The molecule has 3 rings (SSSR count). The molecular weight excluding hydrogens is 356 g/mol. The van der Waals surface area contributed by atoms with Crippen molar-refractivity contribution in [3.05, 3.63) is 53.7 Å². The van der Waals surface area contributed by atoms with Crippen molar-refractivity contribution in [3.8, 4) is 22.8 Å². The lowest BCUT2D eigenvalue weighted by Crippen LogP contribution is -2.20. The van der Waals surface area contributed by atoms with Crippen molar-refractivity contribution in [2.24, 2.45) is 0 Å². The minimum Gasteiger partial charge on any atom is -0.497 e. The summed E-state index contributed by atoms with van der Waals surface area (Å²) in [6.07, 6.45) is 0.686. The maximum atomic E-state index is 12.6. The molecule has 0 saturated carbocycles. The number of aromatic nitrogens is 2. The van der Waals surface area contributed by atoms with Gasteiger partial charge in [0.15, 0.2) is 0 Å². The Labute approximate surface area is 164 Å². The summed E-state index contributed by atoms with van der Waals surface area (Å²) in [5.74, 6) is 1.29. The van der Waals surface area contributed by atoms with Crippen molar-refractivity contribution >= 4 is 17.4 Å². The summed E-state index contributed by atoms with van der Waals surface area (Å²) < 4.78 is 10.8. The molecular formula is C21H24N4O3. The Morgan fingerprint density at radius 3 is 2.57 bits per heavy atom. The number of urea groups is 1. The molecule has 28 heavy (non-hydrogen) atoms. The molecule has 0 radical (unpaired) electrons.